The Hall–Kier alpha value is -2.71. The molecule has 0 saturated heterocycles. The highest BCUT2D eigenvalue weighted by atomic mass is 79.9. The van der Waals surface area contributed by atoms with E-state index in [1.54, 1.807) is 43.3 Å². The number of hydrogen-bond donors (Lipinski definition) is 1. The molecule has 0 bridgehead atoms. The number of anilines is 2. The highest BCUT2D eigenvalue weighted by molar-refractivity contribution is 9.10. The number of sulfonamides is 1. The minimum Gasteiger partial charge on any atom is -0.326 e. The van der Waals surface area contributed by atoms with Gasteiger partial charge in [-0.3, -0.25) is 9.10 Å². The Morgan fingerprint density at radius 2 is 1.67 bits per heavy atom. The van der Waals surface area contributed by atoms with Crippen molar-refractivity contribution in [3.05, 3.63) is 88.6 Å². The highest BCUT2D eigenvalue weighted by Crippen LogP contribution is 2.24. The summed E-state index contributed by atoms with van der Waals surface area (Å²) in [6, 6.07) is 19.5. The number of benzene rings is 3. The van der Waals surface area contributed by atoms with Crippen LogP contribution in [0.3, 0.4) is 0 Å². The number of nitrogens with one attached hydrogen (secondary N) is 1. The van der Waals surface area contributed by atoms with Crippen LogP contribution in [0.4, 0.5) is 15.8 Å². The van der Waals surface area contributed by atoms with E-state index in [0.29, 0.717) is 15.8 Å². The molecule has 3 aromatic rings. The normalized spacial score (nSPS) is 11.2. The quantitative estimate of drug-likeness (QED) is 0.507. The highest BCUT2D eigenvalue weighted by Gasteiger charge is 2.23. The molecule has 156 valence electrons. The van der Waals surface area contributed by atoms with Gasteiger partial charge in [0.25, 0.3) is 10.0 Å². The summed E-state index contributed by atoms with van der Waals surface area (Å²) in [5.41, 5.74) is 1.27. The van der Waals surface area contributed by atoms with Crippen molar-refractivity contribution in [1.29, 1.82) is 0 Å². The molecule has 8 heteroatoms. The van der Waals surface area contributed by atoms with Gasteiger partial charge in [0.1, 0.15) is 5.82 Å². The summed E-state index contributed by atoms with van der Waals surface area (Å²) >= 11 is 3.10. The first kappa shape index (κ1) is 22.0. The Bertz CT molecular complexity index is 1140. The lowest BCUT2D eigenvalue weighted by Gasteiger charge is -2.23. The van der Waals surface area contributed by atoms with Gasteiger partial charge in [0.05, 0.1) is 21.5 Å². The zero-order chi connectivity index (χ0) is 21.7. The average Bonchev–Trinajstić information content (AvgIpc) is 2.73. The third kappa shape index (κ3) is 4.88. The molecule has 3 aromatic carbocycles. The summed E-state index contributed by atoms with van der Waals surface area (Å²) in [7, 11) is -3.74. The molecule has 0 aliphatic rings. The molecular weight excluding hydrogens is 471 g/mol. The lowest BCUT2D eigenvalue weighted by Crippen LogP contribution is -2.30. The van der Waals surface area contributed by atoms with Crippen LogP contribution in [0.15, 0.2) is 82.2 Å². The van der Waals surface area contributed by atoms with Crippen LogP contribution in [0.1, 0.15) is 12.5 Å². The van der Waals surface area contributed by atoms with Crippen molar-refractivity contribution in [3.63, 3.8) is 0 Å². The van der Waals surface area contributed by atoms with E-state index in [1.165, 1.54) is 34.6 Å². The molecule has 0 atom stereocenters. The fourth-order valence-corrected chi connectivity index (χ4v) is 4.87. The van der Waals surface area contributed by atoms with Crippen molar-refractivity contribution in [2.75, 3.05) is 16.2 Å². The van der Waals surface area contributed by atoms with E-state index in [4.69, 9.17) is 0 Å². The first-order chi connectivity index (χ1) is 14.3. The van der Waals surface area contributed by atoms with Gasteiger partial charge < -0.3 is 5.32 Å². The lowest BCUT2D eigenvalue weighted by atomic mass is 10.1. The molecule has 0 heterocycles. The molecule has 0 aliphatic heterocycles. The number of carbonyl (C=O) groups is 1. The van der Waals surface area contributed by atoms with Gasteiger partial charge in [0.2, 0.25) is 5.91 Å². The van der Waals surface area contributed by atoms with Crippen LogP contribution >= 0.6 is 15.9 Å². The van der Waals surface area contributed by atoms with Gasteiger partial charge >= 0.3 is 0 Å². The van der Waals surface area contributed by atoms with Crippen LogP contribution in [0.25, 0.3) is 0 Å². The van der Waals surface area contributed by atoms with Gasteiger partial charge in [-0.25, -0.2) is 12.8 Å². The summed E-state index contributed by atoms with van der Waals surface area (Å²) in [6.07, 6.45) is -0.136. The Morgan fingerprint density at radius 1 is 1.00 bits per heavy atom. The van der Waals surface area contributed by atoms with Gasteiger partial charge in [-0.1, -0.05) is 30.3 Å². The summed E-state index contributed by atoms with van der Waals surface area (Å²) < 4.78 is 41.6. The van der Waals surface area contributed by atoms with Crippen molar-refractivity contribution in [2.24, 2.45) is 0 Å². The molecular formula is C22H20BrFN2O3S. The van der Waals surface area contributed by atoms with Crippen LogP contribution in [0, 0.1) is 5.82 Å². The third-order valence-corrected chi connectivity index (χ3v) is 6.97. The van der Waals surface area contributed by atoms with E-state index in [2.05, 4.69) is 21.2 Å². The van der Waals surface area contributed by atoms with Crippen molar-refractivity contribution >= 4 is 43.2 Å². The molecule has 30 heavy (non-hydrogen) atoms. The van der Waals surface area contributed by atoms with E-state index >= 15 is 0 Å². The van der Waals surface area contributed by atoms with E-state index in [0.717, 1.165) is 0 Å². The summed E-state index contributed by atoms with van der Waals surface area (Å²) in [6.45, 7) is 2.04. The molecule has 3 rings (SSSR count). The van der Waals surface area contributed by atoms with Crippen LogP contribution in [0.2, 0.25) is 0 Å². The maximum atomic E-state index is 14.0. The van der Waals surface area contributed by atoms with E-state index in [-0.39, 0.29) is 23.4 Å². The minimum absolute atomic E-state index is 0.115. The van der Waals surface area contributed by atoms with Crippen LogP contribution in [-0.4, -0.2) is 20.9 Å². The molecule has 1 N–H and O–H groups in total. The van der Waals surface area contributed by atoms with Crippen LogP contribution in [-0.2, 0) is 21.2 Å². The number of halogens is 2. The number of amides is 1. The number of rotatable bonds is 7. The SMILES string of the molecule is CCN(c1ccccc1)S(=O)(=O)c1ccc(NC(=O)Cc2cccc(Br)c2F)cc1. The van der Waals surface area contributed by atoms with Crippen molar-refractivity contribution in [3.8, 4) is 0 Å². The summed E-state index contributed by atoms with van der Waals surface area (Å²) in [5.74, 6) is -0.878. The molecule has 1 amide bonds. The monoisotopic (exact) mass is 490 g/mol. The van der Waals surface area contributed by atoms with Crippen LogP contribution in [0.5, 0.6) is 0 Å². The first-order valence-electron chi connectivity index (χ1n) is 9.23. The van der Waals surface area contributed by atoms with E-state index in [1.807, 2.05) is 6.07 Å². The number of nitrogens with zero attached hydrogens (tertiary/aromatic N) is 1. The topological polar surface area (TPSA) is 66.5 Å². The summed E-state index contributed by atoms with van der Waals surface area (Å²) in [4.78, 5) is 12.4. The minimum atomic E-state index is -3.74. The average molecular weight is 491 g/mol. The van der Waals surface area contributed by atoms with Gasteiger partial charge in [0, 0.05) is 12.2 Å². The molecule has 0 spiro atoms. The first-order valence-corrected chi connectivity index (χ1v) is 11.5. The molecule has 5 nitrogen and oxygen atoms in total. The molecule has 0 radical (unpaired) electrons. The number of hydrogen-bond acceptors (Lipinski definition) is 3. The zero-order valence-electron chi connectivity index (χ0n) is 16.2. The Kier molecular flexibility index (Phi) is 6.89. The second-order valence-corrected chi connectivity index (χ2v) is 9.18. The largest absolute Gasteiger partial charge is 0.326 e. The Balaban J connectivity index is 1.74. The zero-order valence-corrected chi connectivity index (χ0v) is 18.6. The van der Waals surface area contributed by atoms with Crippen LogP contribution < -0.4 is 9.62 Å². The maximum Gasteiger partial charge on any atom is 0.264 e. The molecule has 0 unspecified atom stereocenters. The molecule has 0 aromatic heterocycles. The smallest absolute Gasteiger partial charge is 0.264 e. The van der Waals surface area contributed by atoms with E-state index in [9.17, 15) is 17.6 Å². The Morgan fingerprint density at radius 3 is 2.30 bits per heavy atom. The molecule has 0 saturated carbocycles. The van der Waals surface area contributed by atoms with Gasteiger partial charge in [0.15, 0.2) is 0 Å². The number of carbonyl (C=O) groups excluding carboxylic acids is 1. The predicted molar refractivity (Wildman–Crippen MR) is 120 cm³/mol. The fraction of sp³-hybridized carbons (Fsp3) is 0.136. The standard InChI is InChI=1S/C22H20BrFN2O3S/c1-2-26(18-8-4-3-5-9-18)30(28,29)19-13-11-17(12-14-19)25-21(27)15-16-7-6-10-20(23)22(16)24/h3-14H,2,15H2,1H3,(H,25,27). The lowest BCUT2D eigenvalue weighted by molar-refractivity contribution is -0.115. The van der Waals surface area contributed by atoms with Gasteiger partial charge in [-0.05, 0) is 70.9 Å². The van der Waals surface area contributed by atoms with Gasteiger partial charge in [-0.15, -0.1) is 0 Å². The van der Waals surface area contributed by atoms with Crippen molar-refractivity contribution < 1.29 is 17.6 Å². The fourth-order valence-electron chi connectivity index (χ4n) is 2.99. The predicted octanol–water partition coefficient (Wildman–Crippen LogP) is 4.98. The van der Waals surface area contributed by atoms with E-state index < -0.39 is 21.7 Å². The second kappa shape index (κ2) is 9.40. The Labute approximate surface area is 183 Å². The third-order valence-electron chi connectivity index (χ3n) is 4.44. The second-order valence-electron chi connectivity index (χ2n) is 6.47. The number of para-hydroxylation sites is 1. The maximum absolute atomic E-state index is 14.0. The van der Waals surface area contributed by atoms with Crippen molar-refractivity contribution in [1.82, 2.24) is 0 Å². The summed E-state index contributed by atoms with van der Waals surface area (Å²) in [5, 5.41) is 2.66. The molecule has 0 fully saturated rings. The molecule has 0 aliphatic carbocycles. The van der Waals surface area contributed by atoms with Gasteiger partial charge in [-0.2, -0.15) is 0 Å². The van der Waals surface area contributed by atoms with Crippen molar-refractivity contribution in [2.45, 2.75) is 18.2 Å².